The van der Waals surface area contributed by atoms with Crippen LogP contribution in [0.3, 0.4) is 0 Å². The number of halogens is 6. The molecule has 10 nitrogen and oxygen atoms in total. The zero-order chi connectivity index (χ0) is 29.6. The predicted octanol–water partition coefficient (Wildman–Crippen LogP) is 3.82. The van der Waals surface area contributed by atoms with Crippen molar-refractivity contribution in [3.63, 3.8) is 0 Å². The lowest BCUT2D eigenvalue weighted by molar-refractivity contribution is -0.320. The fraction of sp³-hybridized carbons (Fsp3) is 0.320. The van der Waals surface area contributed by atoms with Crippen LogP contribution in [-0.2, 0) is 28.0 Å². The van der Waals surface area contributed by atoms with Crippen molar-refractivity contribution >= 4 is 17.5 Å². The number of nitrogens with zero attached hydrogens (tertiary/aromatic N) is 4. The van der Waals surface area contributed by atoms with E-state index in [4.69, 9.17) is 10.00 Å². The number of fused-ring (bicyclic) bond motifs is 3. The van der Waals surface area contributed by atoms with Gasteiger partial charge in [0.2, 0.25) is 0 Å². The molecule has 3 aromatic rings. The van der Waals surface area contributed by atoms with Crippen LogP contribution in [0.1, 0.15) is 33.6 Å². The maximum atomic E-state index is 13.5. The van der Waals surface area contributed by atoms with Gasteiger partial charge in [-0.2, -0.15) is 23.5 Å². The molecule has 2 aromatic heterocycles. The summed E-state index contributed by atoms with van der Waals surface area (Å²) in [6.45, 7) is -2.81. The van der Waals surface area contributed by atoms with Crippen LogP contribution in [-0.4, -0.2) is 52.3 Å². The smallest absolute Gasteiger partial charge is 0.484 e. The molecule has 0 radical (unpaired) electrons. The van der Waals surface area contributed by atoms with Gasteiger partial charge in [0.15, 0.2) is 12.3 Å². The second-order valence-corrected chi connectivity index (χ2v) is 9.32. The summed E-state index contributed by atoms with van der Waals surface area (Å²) in [5, 5.41) is 18.6. The van der Waals surface area contributed by atoms with Crippen molar-refractivity contribution in [2.24, 2.45) is 0 Å². The number of ether oxygens (including phenoxy) is 2. The van der Waals surface area contributed by atoms with Crippen LogP contribution in [0.15, 0.2) is 36.5 Å². The van der Waals surface area contributed by atoms with E-state index in [1.165, 1.54) is 35.1 Å². The lowest BCUT2D eigenvalue weighted by Crippen LogP contribution is -2.52. The number of hydrogen-bond acceptors (Lipinski definition) is 7. The molecule has 0 unspecified atom stereocenters. The van der Waals surface area contributed by atoms with Gasteiger partial charge in [-0.15, -0.1) is 13.2 Å². The van der Waals surface area contributed by atoms with Crippen LogP contribution in [0.5, 0.6) is 5.75 Å². The minimum Gasteiger partial charge on any atom is -0.484 e. The molecule has 0 fully saturated rings. The normalized spacial score (nSPS) is 17.9. The quantitative estimate of drug-likeness (QED) is 0.424. The molecular formula is C25H18F6N6O4. The van der Waals surface area contributed by atoms with Gasteiger partial charge >= 0.3 is 12.5 Å². The van der Waals surface area contributed by atoms with E-state index in [-0.39, 0.29) is 40.6 Å². The first-order valence-electron chi connectivity index (χ1n) is 11.9. The van der Waals surface area contributed by atoms with Crippen molar-refractivity contribution in [1.82, 2.24) is 20.1 Å². The zero-order valence-corrected chi connectivity index (χ0v) is 20.7. The van der Waals surface area contributed by atoms with Crippen molar-refractivity contribution in [3.8, 4) is 23.2 Å². The molecule has 2 N–H and O–H groups in total. The third-order valence-corrected chi connectivity index (χ3v) is 6.52. The number of aryl methyl sites for hydroxylation is 1. The number of aromatic nitrogens is 3. The highest BCUT2D eigenvalue weighted by atomic mass is 19.4. The minimum absolute atomic E-state index is 0.0142. The van der Waals surface area contributed by atoms with E-state index < -0.39 is 43.1 Å². The third-order valence-electron chi connectivity index (χ3n) is 6.52. The molecule has 2 amide bonds. The zero-order valence-electron chi connectivity index (χ0n) is 20.7. The van der Waals surface area contributed by atoms with Gasteiger partial charge in [0.05, 0.1) is 23.3 Å². The van der Waals surface area contributed by atoms with Crippen molar-refractivity contribution in [1.29, 1.82) is 5.26 Å². The summed E-state index contributed by atoms with van der Waals surface area (Å²) in [5.74, 6) is -1.90. The Morgan fingerprint density at radius 1 is 1.20 bits per heavy atom. The first-order chi connectivity index (χ1) is 19.3. The van der Waals surface area contributed by atoms with Gasteiger partial charge in [0, 0.05) is 6.20 Å². The maximum Gasteiger partial charge on any atom is 0.523 e. The second-order valence-electron chi connectivity index (χ2n) is 9.32. The molecule has 0 bridgehead atoms. The number of amides is 2. The number of anilines is 1. The van der Waals surface area contributed by atoms with Crippen molar-refractivity contribution in [3.05, 3.63) is 58.9 Å². The number of pyridine rings is 1. The number of carbonyl (C=O) groups excluding carboxylic acids is 2. The average molecular weight is 580 g/mol. The topological polar surface area (TPSA) is 131 Å². The van der Waals surface area contributed by atoms with Crippen LogP contribution in [0.25, 0.3) is 11.4 Å². The summed E-state index contributed by atoms with van der Waals surface area (Å²) in [4.78, 5) is 29.9. The number of benzene rings is 1. The summed E-state index contributed by atoms with van der Waals surface area (Å²) >= 11 is 0. The predicted molar refractivity (Wildman–Crippen MR) is 126 cm³/mol. The van der Waals surface area contributed by atoms with E-state index in [1.54, 1.807) is 6.07 Å². The average Bonchev–Trinajstić information content (AvgIpc) is 3.43. The highest BCUT2D eigenvalue weighted by molar-refractivity contribution is 6.07. The van der Waals surface area contributed by atoms with Crippen LogP contribution in [0, 0.1) is 11.3 Å². The van der Waals surface area contributed by atoms with Gasteiger partial charge in [-0.3, -0.25) is 24.0 Å². The summed E-state index contributed by atoms with van der Waals surface area (Å²) in [6, 6.07) is 9.09. The third kappa shape index (κ3) is 5.80. The van der Waals surface area contributed by atoms with Crippen molar-refractivity contribution in [2.45, 2.75) is 37.5 Å². The molecule has 5 rings (SSSR count). The van der Waals surface area contributed by atoms with Crippen LogP contribution < -0.4 is 15.4 Å². The lowest BCUT2D eigenvalue weighted by atomic mass is 9.89. The monoisotopic (exact) mass is 580 g/mol. The standard InChI is InChI=1S/C25H18F6N6O4/c26-24(27,28)12-40-15-2-3-16-14(7-15)5-6-23(16)11-37-21(22(39)35-23)20(34-18(38)10-41-25(29,30)31)19(36-37)17-4-1-13(8-32)9-33-17/h1-4,7,9H,5-6,10-12H2,(H,34,38)(H,35,39)/t23-/m0/s1. The summed E-state index contributed by atoms with van der Waals surface area (Å²) in [6.07, 6.45) is -7.59. The molecule has 2 aliphatic rings. The molecule has 1 aliphatic carbocycles. The molecule has 41 heavy (non-hydrogen) atoms. The first-order valence-corrected chi connectivity index (χ1v) is 11.9. The fourth-order valence-corrected chi connectivity index (χ4v) is 4.87. The van der Waals surface area contributed by atoms with Crippen LogP contribution in [0.2, 0.25) is 0 Å². The SMILES string of the molecule is N#Cc1ccc(-c2nn3c(c2NC(=O)COC(F)(F)F)C(=O)N[C@@]2(CCc4cc(OCC(F)(F)F)ccc42)C3)nc1. The Morgan fingerprint density at radius 3 is 2.63 bits per heavy atom. The Kier molecular flexibility index (Phi) is 6.85. The van der Waals surface area contributed by atoms with Gasteiger partial charge in [-0.25, -0.2) is 0 Å². The lowest BCUT2D eigenvalue weighted by Gasteiger charge is -2.36. The summed E-state index contributed by atoms with van der Waals surface area (Å²) in [5.41, 5.74) is 0.212. The maximum absolute atomic E-state index is 13.5. The number of rotatable bonds is 6. The highest BCUT2D eigenvalue weighted by Gasteiger charge is 2.46. The van der Waals surface area contributed by atoms with E-state index in [0.717, 1.165) is 0 Å². The van der Waals surface area contributed by atoms with E-state index in [1.807, 2.05) is 6.07 Å². The molecule has 0 saturated heterocycles. The number of alkyl halides is 6. The number of nitriles is 1. The minimum atomic E-state index is -5.06. The Balaban J connectivity index is 1.49. The van der Waals surface area contributed by atoms with Crippen molar-refractivity contribution in [2.75, 3.05) is 18.5 Å². The van der Waals surface area contributed by atoms with E-state index in [2.05, 4.69) is 25.5 Å². The molecule has 1 atom stereocenters. The summed E-state index contributed by atoms with van der Waals surface area (Å²) < 4.78 is 84.9. The molecule has 1 aromatic carbocycles. The molecule has 16 heteroatoms. The van der Waals surface area contributed by atoms with Crippen molar-refractivity contribution < 1.29 is 45.4 Å². The van der Waals surface area contributed by atoms with Gasteiger partial charge in [0.25, 0.3) is 11.8 Å². The van der Waals surface area contributed by atoms with Gasteiger partial charge < -0.3 is 15.4 Å². The fourth-order valence-electron chi connectivity index (χ4n) is 4.87. The highest BCUT2D eigenvalue weighted by Crippen LogP contribution is 2.44. The molecular weight excluding hydrogens is 562 g/mol. The molecule has 1 aliphatic heterocycles. The second kappa shape index (κ2) is 10.1. The molecule has 214 valence electrons. The largest absolute Gasteiger partial charge is 0.523 e. The van der Waals surface area contributed by atoms with E-state index in [9.17, 15) is 35.9 Å². The molecule has 0 saturated carbocycles. The Morgan fingerprint density at radius 2 is 1.98 bits per heavy atom. The van der Waals surface area contributed by atoms with Crippen LogP contribution >= 0.6 is 0 Å². The van der Waals surface area contributed by atoms with Gasteiger partial charge in [0.1, 0.15) is 29.8 Å². The van der Waals surface area contributed by atoms with Gasteiger partial charge in [-0.1, -0.05) is 6.07 Å². The van der Waals surface area contributed by atoms with Crippen LogP contribution in [0.4, 0.5) is 32.0 Å². The molecule has 1 spiro atoms. The number of nitrogens with one attached hydrogen (secondary N) is 2. The molecule has 3 heterocycles. The Bertz CT molecular complexity index is 1560. The van der Waals surface area contributed by atoms with Gasteiger partial charge in [-0.05, 0) is 48.2 Å². The number of hydrogen-bond donors (Lipinski definition) is 2. The van der Waals surface area contributed by atoms with E-state index in [0.29, 0.717) is 24.0 Å². The van der Waals surface area contributed by atoms with E-state index >= 15 is 0 Å². The Hall–Kier alpha value is -4.65. The summed E-state index contributed by atoms with van der Waals surface area (Å²) in [7, 11) is 0. The first kappa shape index (κ1) is 27.9. The Labute approximate surface area is 226 Å². The number of carbonyl (C=O) groups is 2.